The molecule has 2 amide bonds. The van der Waals surface area contributed by atoms with Gasteiger partial charge in [0.05, 0.1) is 6.54 Å². The molecule has 0 aromatic rings. The smallest absolute Gasteiger partial charge is 0.248 e. The highest BCUT2D eigenvalue weighted by Crippen LogP contribution is 2.39. The lowest BCUT2D eigenvalue weighted by molar-refractivity contribution is -0.150. The standard InChI is InChI=1S/C13H22N2O2/c1-4-13(5-2)12(17)15(8-11(16)14-13)7-10-6-9(10)3/h9-10H,4-8H2,1-3H3,(H,14,16). The second kappa shape index (κ2) is 4.31. The molecular formula is C13H22N2O2. The second-order valence-corrected chi connectivity index (χ2v) is 5.50. The molecule has 0 bridgehead atoms. The van der Waals surface area contributed by atoms with E-state index in [1.54, 1.807) is 4.90 Å². The summed E-state index contributed by atoms with van der Waals surface area (Å²) in [5.41, 5.74) is -0.645. The lowest BCUT2D eigenvalue weighted by atomic mass is 9.89. The molecule has 1 aliphatic heterocycles. The van der Waals surface area contributed by atoms with Crippen LogP contribution in [0.15, 0.2) is 0 Å². The lowest BCUT2D eigenvalue weighted by Crippen LogP contribution is -2.66. The minimum absolute atomic E-state index is 0.0124. The molecule has 0 aromatic carbocycles. The molecule has 2 aliphatic rings. The Bertz CT molecular complexity index is 336. The fraction of sp³-hybridized carbons (Fsp3) is 0.846. The van der Waals surface area contributed by atoms with Crippen molar-refractivity contribution in [2.24, 2.45) is 11.8 Å². The zero-order valence-corrected chi connectivity index (χ0v) is 11.0. The number of hydrogen-bond acceptors (Lipinski definition) is 2. The highest BCUT2D eigenvalue weighted by atomic mass is 16.2. The molecule has 96 valence electrons. The third-order valence-electron chi connectivity index (χ3n) is 4.35. The minimum Gasteiger partial charge on any atom is -0.340 e. The molecule has 4 heteroatoms. The number of hydrogen-bond donors (Lipinski definition) is 1. The summed E-state index contributed by atoms with van der Waals surface area (Å²) in [7, 11) is 0. The monoisotopic (exact) mass is 238 g/mol. The van der Waals surface area contributed by atoms with Crippen LogP contribution in [0.5, 0.6) is 0 Å². The van der Waals surface area contributed by atoms with E-state index in [4.69, 9.17) is 0 Å². The molecular weight excluding hydrogens is 216 g/mol. The van der Waals surface area contributed by atoms with E-state index in [1.165, 1.54) is 6.42 Å². The molecule has 1 heterocycles. The zero-order valence-electron chi connectivity index (χ0n) is 11.0. The first kappa shape index (κ1) is 12.4. The van der Waals surface area contributed by atoms with Gasteiger partial charge in [0.15, 0.2) is 0 Å². The summed E-state index contributed by atoms with van der Waals surface area (Å²) in [6.07, 6.45) is 2.53. The average Bonchev–Trinajstić information content (AvgIpc) is 2.99. The Hall–Kier alpha value is -1.06. The fourth-order valence-electron chi connectivity index (χ4n) is 2.72. The van der Waals surface area contributed by atoms with Crippen molar-refractivity contribution < 1.29 is 9.59 Å². The third kappa shape index (κ3) is 2.17. The van der Waals surface area contributed by atoms with Crippen molar-refractivity contribution in [2.45, 2.75) is 45.6 Å². The van der Waals surface area contributed by atoms with Gasteiger partial charge < -0.3 is 10.2 Å². The minimum atomic E-state index is -0.645. The highest BCUT2D eigenvalue weighted by molar-refractivity contribution is 5.97. The van der Waals surface area contributed by atoms with Crippen LogP contribution >= 0.6 is 0 Å². The number of carbonyl (C=O) groups excluding carboxylic acids is 2. The van der Waals surface area contributed by atoms with Gasteiger partial charge >= 0.3 is 0 Å². The molecule has 1 N–H and O–H groups in total. The van der Waals surface area contributed by atoms with Gasteiger partial charge in [-0.1, -0.05) is 20.8 Å². The van der Waals surface area contributed by atoms with Crippen LogP contribution in [0.1, 0.15) is 40.0 Å². The quantitative estimate of drug-likeness (QED) is 0.799. The van der Waals surface area contributed by atoms with Gasteiger partial charge in [-0.05, 0) is 31.1 Å². The van der Waals surface area contributed by atoms with Gasteiger partial charge in [-0.3, -0.25) is 9.59 Å². The SMILES string of the molecule is CCC1(CC)NC(=O)CN(CC2CC2C)C1=O. The van der Waals surface area contributed by atoms with Crippen LogP contribution in [0.25, 0.3) is 0 Å². The van der Waals surface area contributed by atoms with E-state index in [-0.39, 0.29) is 18.4 Å². The van der Waals surface area contributed by atoms with E-state index < -0.39 is 5.54 Å². The fourth-order valence-corrected chi connectivity index (χ4v) is 2.72. The third-order valence-corrected chi connectivity index (χ3v) is 4.35. The second-order valence-electron chi connectivity index (χ2n) is 5.50. The number of amides is 2. The van der Waals surface area contributed by atoms with Crippen LogP contribution in [0.4, 0.5) is 0 Å². The van der Waals surface area contributed by atoms with Crippen molar-refractivity contribution in [1.82, 2.24) is 10.2 Å². The Kier molecular flexibility index (Phi) is 3.15. The lowest BCUT2D eigenvalue weighted by Gasteiger charge is -2.41. The van der Waals surface area contributed by atoms with Crippen LogP contribution in [0, 0.1) is 11.8 Å². The van der Waals surface area contributed by atoms with Crippen molar-refractivity contribution in [3.8, 4) is 0 Å². The van der Waals surface area contributed by atoms with Crippen molar-refractivity contribution in [2.75, 3.05) is 13.1 Å². The van der Waals surface area contributed by atoms with Gasteiger partial charge in [-0.2, -0.15) is 0 Å². The molecule has 4 nitrogen and oxygen atoms in total. The number of nitrogens with zero attached hydrogens (tertiary/aromatic N) is 1. The molecule has 0 spiro atoms. The average molecular weight is 238 g/mol. The van der Waals surface area contributed by atoms with E-state index in [2.05, 4.69) is 12.2 Å². The maximum Gasteiger partial charge on any atom is 0.248 e. The summed E-state index contributed by atoms with van der Waals surface area (Å²) < 4.78 is 0. The first-order valence-electron chi connectivity index (χ1n) is 6.62. The van der Waals surface area contributed by atoms with E-state index in [0.29, 0.717) is 24.7 Å². The van der Waals surface area contributed by atoms with Crippen molar-refractivity contribution in [3.63, 3.8) is 0 Å². The number of rotatable bonds is 4. The summed E-state index contributed by atoms with van der Waals surface area (Å²) in [6.45, 7) is 7.13. The molecule has 0 radical (unpaired) electrons. The van der Waals surface area contributed by atoms with Crippen molar-refractivity contribution >= 4 is 11.8 Å². The van der Waals surface area contributed by atoms with Crippen LogP contribution < -0.4 is 5.32 Å². The Morgan fingerprint density at radius 1 is 1.35 bits per heavy atom. The van der Waals surface area contributed by atoms with Crippen LogP contribution in [0.3, 0.4) is 0 Å². The molecule has 2 unspecified atom stereocenters. The summed E-state index contributed by atoms with van der Waals surface area (Å²) in [6, 6.07) is 0. The maximum absolute atomic E-state index is 12.4. The molecule has 1 aliphatic carbocycles. The molecule has 0 aromatic heterocycles. The maximum atomic E-state index is 12.4. The van der Waals surface area contributed by atoms with Gasteiger partial charge in [0, 0.05) is 6.54 Å². The van der Waals surface area contributed by atoms with E-state index in [0.717, 1.165) is 6.54 Å². The van der Waals surface area contributed by atoms with Gasteiger partial charge in [0.25, 0.3) is 0 Å². The molecule has 1 saturated heterocycles. The first-order chi connectivity index (χ1) is 8.02. The van der Waals surface area contributed by atoms with Crippen LogP contribution in [-0.2, 0) is 9.59 Å². The topological polar surface area (TPSA) is 49.4 Å². The van der Waals surface area contributed by atoms with Gasteiger partial charge in [-0.25, -0.2) is 0 Å². The normalized spacial score (nSPS) is 31.4. The predicted octanol–water partition coefficient (Wildman–Crippen LogP) is 1.16. The molecule has 2 fully saturated rings. The Labute approximate surface area is 103 Å². The van der Waals surface area contributed by atoms with Crippen LogP contribution in [0.2, 0.25) is 0 Å². The zero-order chi connectivity index (χ0) is 12.6. The Morgan fingerprint density at radius 3 is 2.41 bits per heavy atom. The molecule has 2 atom stereocenters. The first-order valence-corrected chi connectivity index (χ1v) is 6.62. The molecule has 1 saturated carbocycles. The Balaban J connectivity index is 2.10. The van der Waals surface area contributed by atoms with E-state index >= 15 is 0 Å². The van der Waals surface area contributed by atoms with Crippen LogP contribution in [-0.4, -0.2) is 35.3 Å². The Morgan fingerprint density at radius 2 is 1.94 bits per heavy atom. The van der Waals surface area contributed by atoms with Crippen molar-refractivity contribution in [3.05, 3.63) is 0 Å². The van der Waals surface area contributed by atoms with Crippen molar-refractivity contribution in [1.29, 1.82) is 0 Å². The van der Waals surface area contributed by atoms with Gasteiger partial charge in [0.2, 0.25) is 11.8 Å². The van der Waals surface area contributed by atoms with E-state index in [9.17, 15) is 9.59 Å². The summed E-state index contributed by atoms with van der Waals surface area (Å²) in [5.74, 6) is 1.42. The summed E-state index contributed by atoms with van der Waals surface area (Å²) in [4.78, 5) is 25.9. The predicted molar refractivity (Wildman–Crippen MR) is 65.3 cm³/mol. The number of nitrogens with one attached hydrogen (secondary N) is 1. The van der Waals surface area contributed by atoms with Gasteiger partial charge in [-0.15, -0.1) is 0 Å². The largest absolute Gasteiger partial charge is 0.340 e. The number of piperazine rings is 1. The van der Waals surface area contributed by atoms with Gasteiger partial charge in [0.1, 0.15) is 5.54 Å². The highest BCUT2D eigenvalue weighted by Gasteiger charge is 2.46. The molecule has 17 heavy (non-hydrogen) atoms. The number of carbonyl (C=O) groups is 2. The summed E-state index contributed by atoms with van der Waals surface area (Å²) >= 11 is 0. The van der Waals surface area contributed by atoms with E-state index in [1.807, 2.05) is 13.8 Å². The molecule has 2 rings (SSSR count). The summed E-state index contributed by atoms with van der Waals surface area (Å²) in [5, 5.41) is 2.88.